The summed E-state index contributed by atoms with van der Waals surface area (Å²) >= 11 is 0. The van der Waals surface area contributed by atoms with Crippen LogP contribution in [0.5, 0.6) is 0 Å². The van der Waals surface area contributed by atoms with Gasteiger partial charge in [0, 0.05) is 42.5 Å². The predicted molar refractivity (Wildman–Crippen MR) is 166 cm³/mol. The predicted octanol–water partition coefficient (Wildman–Crippen LogP) is 6.83. The van der Waals surface area contributed by atoms with Crippen LogP contribution in [-0.2, 0) is 9.59 Å². The van der Waals surface area contributed by atoms with E-state index in [0.717, 1.165) is 38.0 Å². The molecule has 0 aromatic rings. The van der Waals surface area contributed by atoms with Crippen LogP contribution in [0.25, 0.3) is 0 Å². The zero-order valence-electron chi connectivity index (χ0n) is 24.8. The Morgan fingerprint density at radius 1 is 0.921 bits per heavy atom. The van der Waals surface area contributed by atoms with Crippen molar-refractivity contribution in [3.8, 4) is 0 Å². The molecule has 0 aliphatic carbocycles. The van der Waals surface area contributed by atoms with Gasteiger partial charge in [-0.2, -0.15) is 0 Å². The molecule has 0 unspecified atom stereocenters. The number of nitrogens with two attached hydrogens (primary N) is 1. The number of carbonyl (C=O) groups excluding carboxylic acids is 2. The molecule has 8 heteroatoms. The number of likely N-dealkylation sites (tertiary alicyclic amines) is 1. The Kier molecular flexibility index (Phi) is 20.9. The molecule has 0 bridgehead atoms. The van der Waals surface area contributed by atoms with Gasteiger partial charge in [0.05, 0.1) is 6.10 Å². The molecule has 1 aliphatic heterocycles. The van der Waals surface area contributed by atoms with E-state index in [9.17, 15) is 14.7 Å². The quantitative estimate of drug-likeness (QED) is 0.0865. The first-order chi connectivity index (χ1) is 18.3. The van der Waals surface area contributed by atoms with Crippen molar-refractivity contribution >= 4 is 33.4 Å². The number of amides is 2. The van der Waals surface area contributed by atoms with Crippen LogP contribution in [0.3, 0.4) is 0 Å². The summed E-state index contributed by atoms with van der Waals surface area (Å²) in [5, 5.41) is 12.9. The fourth-order valence-electron chi connectivity index (χ4n) is 5.07. The normalized spacial score (nSPS) is 17.8. The third kappa shape index (κ3) is 18.0. The zero-order chi connectivity index (χ0) is 28.1. The lowest BCUT2D eigenvalue weighted by molar-refractivity contribution is -0.132. The lowest BCUT2D eigenvalue weighted by atomic mass is 10.0. The Bertz CT molecular complexity index is 622. The second kappa shape index (κ2) is 22.3. The Morgan fingerprint density at radius 3 is 2.03 bits per heavy atom. The van der Waals surface area contributed by atoms with Gasteiger partial charge in [-0.05, 0) is 52.5 Å². The molecule has 0 saturated carbocycles. The number of hydrogen-bond acceptors (Lipinski definition) is 6. The summed E-state index contributed by atoms with van der Waals surface area (Å²) in [7, 11) is 3.57. The average Bonchev–Trinajstić information content (AvgIpc) is 3.28. The van der Waals surface area contributed by atoms with Crippen molar-refractivity contribution in [2.75, 3.05) is 25.4 Å². The molecule has 0 aromatic heterocycles. The van der Waals surface area contributed by atoms with Crippen molar-refractivity contribution in [2.45, 2.75) is 153 Å². The molecule has 0 aromatic carbocycles. The topological polar surface area (TPSA) is 95.7 Å². The third-order valence-electron chi connectivity index (χ3n) is 7.52. The average molecular weight is 574 g/mol. The van der Waals surface area contributed by atoms with Gasteiger partial charge in [0.25, 0.3) is 0 Å². The van der Waals surface area contributed by atoms with E-state index in [4.69, 9.17) is 5.73 Å². The van der Waals surface area contributed by atoms with Gasteiger partial charge in [0.1, 0.15) is 0 Å². The fraction of sp³-hybridized carbons (Fsp3) is 0.933. The molecule has 1 fully saturated rings. The second-order valence-electron chi connectivity index (χ2n) is 11.6. The number of unbranched alkanes of at least 4 members (excludes halogenated alkanes) is 12. The van der Waals surface area contributed by atoms with E-state index in [-0.39, 0.29) is 28.7 Å². The summed E-state index contributed by atoms with van der Waals surface area (Å²) in [5.41, 5.74) is 5.53. The highest BCUT2D eigenvalue weighted by Gasteiger charge is 2.33. The molecule has 224 valence electrons. The Morgan fingerprint density at radius 2 is 1.47 bits per heavy atom. The SMILES string of the molecule is CC[C@@H]1C[C@@H](O)CN1C(=O)CCC(C)(C)SSCCNC(=O)CCCCCCCCCCCCCCCN. The van der Waals surface area contributed by atoms with E-state index in [2.05, 4.69) is 26.1 Å². The summed E-state index contributed by atoms with van der Waals surface area (Å²) in [6.45, 7) is 8.45. The number of nitrogens with zero attached hydrogens (tertiary/aromatic N) is 1. The third-order valence-corrected chi connectivity index (χ3v) is 10.9. The number of nitrogens with one attached hydrogen (secondary N) is 1. The number of hydrogen-bond donors (Lipinski definition) is 3. The van der Waals surface area contributed by atoms with E-state index in [1.807, 2.05) is 4.90 Å². The number of rotatable bonds is 24. The highest BCUT2D eigenvalue weighted by Crippen LogP contribution is 2.39. The number of β-amino-alcohol motifs (C(OH)–C–C–N with tert-alkyl or cyclic N) is 1. The van der Waals surface area contributed by atoms with E-state index in [1.54, 1.807) is 21.6 Å². The smallest absolute Gasteiger partial charge is 0.222 e. The minimum Gasteiger partial charge on any atom is -0.391 e. The molecule has 2 amide bonds. The van der Waals surface area contributed by atoms with E-state index in [0.29, 0.717) is 32.4 Å². The first-order valence-corrected chi connectivity index (χ1v) is 17.9. The summed E-state index contributed by atoms with van der Waals surface area (Å²) in [6, 6.07) is 0.188. The fourth-order valence-corrected chi connectivity index (χ4v) is 7.55. The monoisotopic (exact) mass is 573 g/mol. The molecule has 38 heavy (non-hydrogen) atoms. The maximum atomic E-state index is 12.6. The van der Waals surface area contributed by atoms with Gasteiger partial charge >= 0.3 is 0 Å². The Labute approximate surface area is 242 Å². The molecule has 4 N–H and O–H groups in total. The molecule has 1 heterocycles. The van der Waals surface area contributed by atoms with Gasteiger partial charge in [0.15, 0.2) is 0 Å². The summed E-state index contributed by atoms with van der Waals surface area (Å²) < 4.78 is -0.00514. The van der Waals surface area contributed by atoms with E-state index < -0.39 is 0 Å². The Hall–Kier alpha value is -0.440. The van der Waals surface area contributed by atoms with Crippen LogP contribution in [0, 0.1) is 0 Å². The minimum absolute atomic E-state index is 0.00514. The van der Waals surface area contributed by atoms with Crippen LogP contribution in [0.15, 0.2) is 0 Å². The first-order valence-electron chi connectivity index (χ1n) is 15.5. The molecular formula is C30H59N3O3S2. The molecular weight excluding hydrogens is 514 g/mol. The highest BCUT2D eigenvalue weighted by molar-refractivity contribution is 8.77. The first kappa shape index (κ1) is 35.6. The van der Waals surface area contributed by atoms with Crippen LogP contribution < -0.4 is 11.1 Å². The summed E-state index contributed by atoms with van der Waals surface area (Å²) in [4.78, 5) is 26.6. The molecule has 0 spiro atoms. The van der Waals surface area contributed by atoms with Crippen molar-refractivity contribution in [3.05, 3.63) is 0 Å². The van der Waals surface area contributed by atoms with Gasteiger partial charge in [-0.1, -0.05) is 99.1 Å². The molecule has 1 rings (SSSR count). The van der Waals surface area contributed by atoms with Gasteiger partial charge in [-0.25, -0.2) is 0 Å². The van der Waals surface area contributed by atoms with Crippen LogP contribution in [0.2, 0.25) is 0 Å². The highest BCUT2D eigenvalue weighted by atomic mass is 33.1. The lowest BCUT2D eigenvalue weighted by Gasteiger charge is -2.27. The maximum absolute atomic E-state index is 12.6. The molecule has 0 radical (unpaired) electrons. The maximum Gasteiger partial charge on any atom is 0.222 e. The summed E-state index contributed by atoms with van der Waals surface area (Å²) in [5.74, 6) is 1.21. The molecule has 6 nitrogen and oxygen atoms in total. The van der Waals surface area contributed by atoms with Crippen molar-refractivity contribution < 1.29 is 14.7 Å². The standard InChI is InChI=1S/C30H59N3O3S2/c1-4-26-24-27(34)25-33(26)29(36)19-20-30(2,3)38-37-23-22-32-28(35)18-16-14-12-10-8-6-5-7-9-11-13-15-17-21-31/h26-27,34H,4-25,31H2,1-3H3,(H,32,35)/t26-,27-/m1/s1. The number of carbonyl (C=O) groups is 2. The molecule has 2 atom stereocenters. The number of aliphatic hydroxyl groups excluding tert-OH is 1. The van der Waals surface area contributed by atoms with E-state index >= 15 is 0 Å². The lowest BCUT2D eigenvalue weighted by Crippen LogP contribution is -2.36. The van der Waals surface area contributed by atoms with Gasteiger partial charge < -0.3 is 21.1 Å². The van der Waals surface area contributed by atoms with Crippen LogP contribution in [0.1, 0.15) is 136 Å². The van der Waals surface area contributed by atoms with Crippen LogP contribution in [-0.4, -0.2) is 64.1 Å². The van der Waals surface area contributed by atoms with Gasteiger partial charge in [-0.15, -0.1) is 0 Å². The van der Waals surface area contributed by atoms with Gasteiger partial charge in [-0.3, -0.25) is 9.59 Å². The molecule has 1 saturated heterocycles. The van der Waals surface area contributed by atoms with Crippen LogP contribution in [0.4, 0.5) is 0 Å². The summed E-state index contributed by atoms with van der Waals surface area (Å²) in [6.07, 6.45) is 19.9. The van der Waals surface area contributed by atoms with Crippen molar-refractivity contribution in [1.29, 1.82) is 0 Å². The number of aliphatic hydroxyl groups is 1. The van der Waals surface area contributed by atoms with Crippen LogP contribution >= 0.6 is 21.6 Å². The van der Waals surface area contributed by atoms with E-state index in [1.165, 1.54) is 70.6 Å². The zero-order valence-corrected chi connectivity index (χ0v) is 26.4. The Balaban J connectivity index is 1.93. The second-order valence-corrected chi connectivity index (χ2v) is 14.8. The van der Waals surface area contributed by atoms with Crippen molar-refractivity contribution in [2.24, 2.45) is 5.73 Å². The largest absolute Gasteiger partial charge is 0.391 e. The van der Waals surface area contributed by atoms with Crippen molar-refractivity contribution in [1.82, 2.24) is 10.2 Å². The molecule has 1 aliphatic rings. The van der Waals surface area contributed by atoms with Gasteiger partial charge in [0.2, 0.25) is 11.8 Å². The minimum atomic E-state index is -0.371. The van der Waals surface area contributed by atoms with Crippen molar-refractivity contribution in [3.63, 3.8) is 0 Å².